The van der Waals surface area contributed by atoms with Gasteiger partial charge >= 0.3 is 24.5 Å². The molecule has 1 atom stereocenters. The molecular weight excluding hydrogens is 691 g/mol. The van der Waals surface area contributed by atoms with Crippen LogP contribution in [0.5, 0.6) is 0 Å². The lowest BCUT2D eigenvalue weighted by atomic mass is 9.72. The summed E-state index contributed by atoms with van der Waals surface area (Å²) in [7, 11) is 0. The van der Waals surface area contributed by atoms with Gasteiger partial charge in [-0.25, -0.2) is 4.79 Å². The van der Waals surface area contributed by atoms with Crippen LogP contribution in [0, 0.1) is 20.8 Å². The van der Waals surface area contributed by atoms with Gasteiger partial charge in [-0.2, -0.15) is 39.5 Å². The molecule has 4 aromatic carbocycles. The lowest BCUT2D eigenvalue weighted by molar-refractivity contribution is -0.288. The van der Waals surface area contributed by atoms with Gasteiger partial charge in [0.05, 0.1) is 5.56 Å². The van der Waals surface area contributed by atoms with E-state index in [2.05, 4.69) is 0 Å². The Bertz CT molecular complexity index is 1960. The molecule has 0 saturated heterocycles. The highest BCUT2D eigenvalue weighted by Crippen LogP contribution is 2.56. The second kappa shape index (κ2) is 14.0. The lowest BCUT2D eigenvalue weighted by Crippen LogP contribution is -2.54. The lowest BCUT2D eigenvalue weighted by Gasteiger charge is -2.38. The van der Waals surface area contributed by atoms with Crippen molar-refractivity contribution in [2.24, 2.45) is 0 Å². The summed E-state index contributed by atoms with van der Waals surface area (Å²) >= 11 is 0. The van der Waals surface area contributed by atoms with Gasteiger partial charge in [0, 0.05) is 24.0 Å². The van der Waals surface area contributed by atoms with E-state index in [4.69, 9.17) is 0 Å². The summed E-state index contributed by atoms with van der Waals surface area (Å²) in [6.45, 7) is 6.28. The number of carbonyl (C=O) groups excluding carboxylic acids is 2. The Morgan fingerprint density at radius 2 is 1.14 bits per heavy atom. The van der Waals surface area contributed by atoms with Gasteiger partial charge in [0.25, 0.3) is 0 Å². The van der Waals surface area contributed by atoms with Crippen LogP contribution in [-0.2, 0) is 11.8 Å². The molecule has 270 valence electrons. The molecule has 51 heavy (non-hydrogen) atoms. The van der Waals surface area contributed by atoms with Gasteiger partial charge < -0.3 is 5.11 Å². The highest BCUT2D eigenvalue weighted by Gasteiger charge is 2.72. The number of carboxylic acids is 1. The molecule has 0 aromatic heterocycles. The number of aryl methyl sites for hydroxylation is 3. The number of carbonyl (C=O) groups is 3. The smallest absolute Gasteiger partial charge is 0.411 e. The molecule has 0 aliphatic carbocycles. The van der Waals surface area contributed by atoms with E-state index in [0.717, 1.165) is 17.7 Å². The van der Waals surface area contributed by atoms with Crippen molar-refractivity contribution in [2.45, 2.75) is 70.4 Å². The van der Waals surface area contributed by atoms with E-state index in [1.807, 2.05) is 0 Å². The number of ketones is 2. The summed E-state index contributed by atoms with van der Waals surface area (Å²) in [6, 6.07) is 11.9. The fourth-order valence-corrected chi connectivity index (χ4v) is 6.16. The minimum atomic E-state index is -6.08. The van der Waals surface area contributed by atoms with E-state index in [1.165, 1.54) is 44.2 Å². The van der Waals surface area contributed by atoms with Crippen LogP contribution < -0.4 is 0 Å². The number of hydrogen-bond acceptors (Lipinski definition) is 3. The standard InChI is InChI=1S/C38H31F9O4/c1-5-31(48)29-15-14-28(19-30(29)34(50)51)35(37(42,43)44,38(45,46)47)27-12-10-23(11-13-27)32(49)18-24-8-9-26(17-22(24)4)33(36(39,40)41)25-7-6-20(2)21(3)16-25/h6-17,19,33H,5,18H2,1-4H3,(H,50,51). The summed E-state index contributed by atoms with van der Waals surface area (Å²) < 4.78 is 131. The average Bonchev–Trinajstić information content (AvgIpc) is 3.02. The third-order valence-corrected chi connectivity index (χ3v) is 9.04. The third-order valence-electron chi connectivity index (χ3n) is 9.04. The Kier molecular flexibility index (Phi) is 10.7. The van der Waals surface area contributed by atoms with Gasteiger partial charge in [-0.05, 0) is 71.3 Å². The van der Waals surface area contributed by atoms with Gasteiger partial charge in [-0.15, -0.1) is 0 Å². The molecule has 0 amide bonds. The van der Waals surface area contributed by atoms with Crippen molar-refractivity contribution in [1.82, 2.24) is 0 Å². The summed E-state index contributed by atoms with van der Waals surface area (Å²) in [4.78, 5) is 37.2. The van der Waals surface area contributed by atoms with Crippen LogP contribution in [-0.4, -0.2) is 41.2 Å². The number of halogens is 9. The van der Waals surface area contributed by atoms with E-state index >= 15 is 0 Å². The molecule has 1 N–H and O–H groups in total. The van der Waals surface area contributed by atoms with Crippen LogP contribution >= 0.6 is 0 Å². The molecule has 4 rings (SSSR count). The van der Waals surface area contributed by atoms with E-state index < -0.39 is 76.1 Å². The van der Waals surface area contributed by atoms with E-state index in [9.17, 15) is 59.0 Å². The molecule has 4 aromatic rings. The minimum Gasteiger partial charge on any atom is -0.478 e. The van der Waals surface area contributed by atoms with Crippen LogP contribution in [0.3, 0.4) is 0 Å². The Morgan fingerprint density at radius 3 is 1.61 bits per heavy atom. The molecule has 0 saturated carbocycles. The second-order valence-electron chi connectivity index (χ2n) is 12.3. The largest absolute Gasteiger partial charge is 0.478 e. The Balaban J connectivity index is 1.72. The van der Waals surface area contributed by atoms with Crippen LogP contribution in [0.2, 0.25) is 0 Å². The molecule has 4 nitrogen and oxygen atoms in total. The van der Waals surface area contributed by atoms with Gasteiger partial charge in [-0.1, -0.05) is 79.7 Å². The normalized spacial score (nSPS) is 13.2. The maximum atomic E-state index is 14.7. The molecule has 0 aliphatic rings. The van der Waals surface area contributed by atoms with Crippen molar-refractivity contribution >= 4 is 17.5 Å². The zero-order valence-electron chi connectivity index (χ0n) is 27.6. The summed E-state index contributed by atoms with van der Waals surface area (Å²) in [5.74, 6) is -5.42. The molecule has 0 fully saturated rings. The second-order valence-corrected chi connectivity index (χ2v) is 12.3. The Morgan fingerprint density at radius 1 is 0.608 bits per heavy atom. The number of aromatic carboxylic acids is 1. The minimum absolute atomic E-state index is 0.0206. The fourth-order valence-electron chi connectivity index (χ4n) is 6.16. The molecule has 0 aliphatic heterocycles. The molecule has 0 bridgehead atoms. The van der Waals surface area contributed by atoms with Crippen molar-refractivity contribution in [3.8, 4) is 0 Å². The zero-order chi connectivity index (χ0) is 38.3. The highest BCUT2D eigenvalue weighted by atomic mass is 19.4. The number of benzene rings is 4. The average molecular weight is 723 g/mol. The Hall–Kier alpha value is -4.94. The van der Waals surface area contributed by atoms with E-state index in [0.29, 0.717) is 35.4 Å². The van der Waals surface area contributed by atoms with Gasteiger partial charge in [-0.3, -0.25) is 9.59 Å². The van der Waals surface area contributed by atoms with Gasteiger partial charge in [0.1, 0.15) is 5.92 Å². The molecule has 13 heteroatoms. The summed E-state index contributed by atoms with van der Waals surface area (Å²) in [5.41, 5.74) is -7.49. The first-order chi connectivity index (χ1) is 23.5. The zero-order valence-corrected chi connectivity index (χ0v) is 27.6. The maximum Gasteiger partial charge on any atom is 0.411 e. The number of alkyl halides is 9. The van der Waals surface area contributed by atoms with Crippen molar-refractivity contribution in [2.75, 3.05) is 0 Å². The van der Waals surface area contributed by atoms with E-state index in [1.54, 1.807) is 19.9 Å². The first-order valence-electron chi connectivity index (χ1n) is 15.5. The van der Waals surface area contributed by atoms with Gasteiger partial charge in [0.2, 0.25) is 5.41 Å². The van der Waals surface area contributed by atoms with Crippen molar-refractivity contribution < 1.29 is 59.0 Å². The summed E-state index contributed by atoms with van der Waals surface area (Å²) in [5, 5.41) is 9.56. The fraction of sp³-hybridized carbons (Fsp3) is 0.289. The van der Waals surface area contributed by atoms with Crippen LogP contribution in [0.4, 0.5) is 39.5 Å². The van der Waals surface area contributed by atoms with Crippen molar-refractivity contribution in [3.05, 3.63) is 140 Å². The third kappa shape index (κ3) is 7.43. The predicted octanol–water partition coefficient (Wildman–Crippen LogP) is 10.4. The van der Waals surface area contributed by atoms with Crippen LogP contribution in [0.1, 0.15) is 94.8 Å². The molecule has 0 spiro atoms. The quantitative estimate of drug-likeness (QED) is 0.131. The number of Topliss-reactive ketones (excluding diaryl/α,β-unsaturated/α-hetero) is 2. The predicted molar refractivity (Wildman–Crippen MR) is 170 cm³/mol. The highest BCUT2D eigenvalue weighted by molar-refractivity contribution is 6.06. The topological polar surface area (TPSA) is 71.4 Å². The first kappa shape index (κ1) is 38.9. The SMILES string of the molecule is CCC(=O)c1ccc(C(c2ccc(C(=O)Cc3ccc(C(c4ccc(C)c(C)c4)C(F)(F)F)cc3C)cc2)(C(F)(F)F)C(F)(F)F)cc1C(=O)O. The molecule has 0 heterocycles. The number of rotatable bonds is 10. The van der Waals surface area contributed by atoms with Crippen molar-refractivity contribution in [3.63, 3.8) is 0 Å². The van der Waals surface area contributed by atoms with E-state index in [-0.39, 0.29) is 34.7 Å². The molecule has 1 unspecified atom stereocenters. The van der Waals surface area contributed by atoms with Crippen LogP contribution in [0.15, 0.2) is 78.9 Å². The van der Waals surface area contributed by atoms with Gasteiger partial charge in [0.15, 0.2) is 11.6 Å². The molecular formula is C38H31F9O4. The monoisotopic (exact) mass is 722 g/mol. The number of carboxylic acid groups (broad SMARTS) is 1. The first-order valence-corrected chi connectivity index (χ1v) is 15.5. The molecule has 0 radical (unpaired) electrons. The Labute approximate surface area is 286 Å². The van der Waals surface area contributed by atoms with Crippen molar-refractivity contribution in [1.29, 1.82) is 0 Å². The number of hydrogen-bond donors (Lipinski definition) is 1. The maximum absolute atomic E-state index is 14.7. The summed E-state index contributed by atoms with van der Waals surface area (Å²) in [6.07, 6.45) is -17.5. The van der Waals surface area contributed by atoms with Crippen LogP contribution in [0.25, 0.3) is 0 Å².